The highest BCUT2D eigenvalue weighted by molar-refractivity contribution is 7.26. The van der Waals surface area contributed by atoms with Crippen LogP contribution in [0.5, 0.6) is 0 Å². The van der Waals surface area contributed by atoms with Crippen molar-refractivity contribution in [3.63, 3.8) is 0 Å². The minimum absolute atomic E-state index is 0.202. The number of para-hydroxylation sites is 5. The summed E-state index contributed by atoms with van der Waals surface area (Å²) in [6.45, 7) is 12.1. The molecule has 0 radical (unpaired) electrons. The molecule has 0 unspecified atom stereocenters. The molecule has 644 valence electrons. The summed E-state index contributed by atoms with van der Waals surface area (Å²) in [5.41, 5.74) is 26.7. The van der Waals surface area contributed by atoms with Crippen molar-refractivity contribution >= 4 is 222 Å². The second kappa shape index (κ2) is 31.3. The summed E-state index contributed by atoms with van der Waals surface area (Å²) in [6, 6.07) is 147. The lowest BCUT2D eigenvalue weighted by Crippen LogP contribution is -2.14. The highest BCUT2D eigenvalue weighted by Gasteiger charge is 2.36. The summed E-state index contributed by atoms with van der Waals surface area (Å²) in [7, 11) is 0. The molecule has 1 aliphatic carbocycles. The summed E-state index contributed by atoms with van der Waals surface area (Å²) in [4.78, 5) is 34.5. The van der Waals surface area contributed by atoms with Crippen molar-refractivity contribution in [2.45, 2.75) is 19.3 Å². The molecule has 0 aliphatic heterocycles. The van der Waals surface area contributed by atoms with Crippen LogP contribution in [0, 0.1) is 6.57 Å². The zero-order valence-electron chi connectivity index (χ0n) is 75.4. The highest BCUT2D eigenvalue weighted by Crippen LogP contribution is 2.54. The van der Waals surface area contributed by atoms with Gasteiger partial charge in [-0.1, -0.05) is 372 Å². The number of furan rings is 1. The topological polar surface area (TPSA) is 94.8 Å². The van der Waals surface area contributed by atoms with Crippen molar-refractivity contribution in [2.24, 2.45) is 0 Å². The van der Waals surface area contributed by atoms with E-state index in [1.807, 2.05) is 66.3 Å². The molecular weight excluding hydrogens is 1710 g/mol. The lowest BCUT2D eigenvalue weighted by molar-refractivity contribution is 0.661. The average molecular weight is 1790 g/mol. The molecule has 8 heterocycles. The van der Waals surface area contributed by atoms with Crippen molar-refractivity contribution in [1.82, 2.24) is 29.9 Å². The molecule has 0 spiro atoms. The molecule has 21 aromatic carbocycles. The van der Waals surface area contributed by atoms with Gasteiger partial charge in [0.1, 0.15) is 11.2 Å². The fourth-order valence-electron chi connectivity index (χ4n) is 22.9. The molecule has 9 heteroatoms. The van der Waals surface area contributed by atoms with Gasteiger partial charge in [0.05, 0.1) is 56.8 Å². The fourth-order valence-corrected chi connectivity index (χ4v) is 24.1. The van der Waals surface area contributed by atoms with E-state index in [9.17, 15) is 0 Å². The van der Waals surface area contributed by atoms with Gasteiger partial charge >= 0.3 is 0 Å². The van der Waals surface area contributed by atoms with Gasteiger partial charge in [-0.15, -0.1) is 11.3 Å². The third-order valence-corrected chi connectivity index (χ3v) is 30.5. The minimum atomic E-state index is -0.202. The Balaban J connectivity index is 0.000000103. The van der Waals surface area contributed by atoms with Crippen LogP contribution in [0.4, 0.5) is 5.69 Å². The summed E-state index contributed by atoms with van der Waals surface area (Å²) in [5, 5.41) is 32.9. The quantitative estimate of drug-likeness (QED) is 0.121. The van der Waals surface area contributed by atoms with Crippen molar-refractivity contribution in [2.75, 3.05) is 0 Å². The number of hydrogen-bond acceptors (Lipinski definition) is 8. The normalized spacial score (nSPS) is 12.4. The maximum absolute atomic E-state index is 7.57. The number of pyridine rings is 6. The minimum Gasteiger partial charge on any atom is -0.455 e. The molecule has 8 nitrogen and oxygen atoms in total. The van der Waals surface area contributed by atoms with Crippen LogP contribution in [0.3, 0.4) is 0 Å². The Morgan fingerprint density at radius 2 is 0.612 bits per heavy atom. The first kappa shape index (κ1) is 79.5. The van der Waals surface area contributed by atoms with Crippen molar-refractivity contribution in [3.8, 4) is 78.3 Å². The largest absolute Gasteiger partial charge is 0.455 e. The first-order valence-corrected chi connectivity index (χ1v) is 48.0. The number of aromatic nitrogens is 6. The SMILES string of the molecule is [C-]#[N+]c1ccc2c(c1)C(C)(C)c1cc(-c3ccc(-c4nc5ccccc5c5c4ccc4ccc6cccnc6c45)c4ccccc34)ccc1-2.c1cnc2c(c1)ccc1ccc3c(-c4ccc(-c5cccc6c5oc5ccccc56)c5ccccc45)nc4ccccc4c3c12.c1cnc2c(c1)ccc1ccc3c(-c4ccc(-c5cccc6c5sc5ccccc56)c5ccccc45)nc4ccccc4c3c12. The van der Waals surface area contributed by atoms with E-state index in [4.69, 9.17) is 40.9 Å². The molecule has 8 aromatic heterocycles. The van der Waals surface area contributed by atoms with Gasteiger partial charge in [0, 0.05) is 164 Å². The van der Waals surface area contributed by atoms with Gasteiger partial charge < -0.3 is 4.42 Å². The predicted octanol–water partition coefficient (Wildman–Crippen LogP) is 35.9. The number of nitrogens with zero attached hydrogens (tertiary/aromatic N) is 7. The standard InChI is InChI=1S/C46H29N3.C42H24N2O.C42H24N2S/c1-46(2)39-25-29(17-19-34(39)35-21-18-30(47-3)26-40(35)46)31-22-23-36(33-11-5-4-10-32(31)33)45-38-20-16-27-14-15-28-9-8-24-48-44(28)42(27)43(38)37-12-6-7-13-41(37)49-45;2*1-2-11-28-27(10-1)29(32-14-7-15-33-30-12-4-6-17-37(30)45-42(32)33)22-23-31(28)41-35-21-20-25-18-19-26-9-8-24-43-40(26)38(25)39(35)34-13-3-5-16-36(34)44-41/h4-26H,1-2H3;2*1-24H. The Bertz CT molecular complexity index is 10100. The number of rotatable bonds is 6. The Hall–Kier alpha value is -18.1. The molecule has 0 amide bonds. The molecule has 1 aliphatic rings. The van der Waals surface area contributed by atoms with Crippen molar-refractivity contribution < 1.29 is 4.42 Å². The molecule has 0 atom stereocenters. The van der Waals surface area contributed by atoms with E-state index in [0.29, 0.717) is 5.69 Å². The Morgan fingerprint density at radius 1 is 0.252 bits per heavy atom. The average Bonchev–Trinajstić information content (AvgIpc) is 1.71. The second-order valence-electron chi connectivity index (χ2n) is 37.0. The van der Waals surface area contributed by atoms with Crippen molar-refractivity contribution in [1.29, 1.82) is 0 Å². The van der Waals surface area contributed by atoms with Gasteiger partial charge in [0.2, 0.25) is 0 Å². The molecule has 29 aromatic rings. The van der Waals surface area contributed by atoms with E-state index < -0.39 is 0 Å². The number of thiophene rings is 1. The van der Waals surface area contributed by atoms with Crippen LogP contribution in [-0.2, 0) is 5.41 Å². The van der Waals surface area contributed by atoms with Gasteiger partial charge in [-0.05, 0) is 148 Å². The predicted molar refractivity (Wildman–Crippen MR) is 585 cm³/mol. The maximum Gasteiger partial charge on any atom is 0.187 e. The first-order chi connectivity index (χ1) is 68.7. The molecular formula is C130H77N7OS. The second-order valence-corrected chi connectivity index (χ2v) is 38.1. The zero-order chi connectivity index (χ0) is 91.8. The van der Waals surface area contributed by atoms with Gasteiger partial charge in [-0.3, -0.25) is 15.0 Å². The molecule has 0 bridgehead atoms. The molecule has 0 saturated heterocycles. The fraction of sp³-hybridized carbons (Fsp3) is 0.0231. The number of benzene rings is 21. The third kappa shape index (κ3) is 12.3. The van der Waals surface area contributed by atoms with Crippen LogP contribution in [-0.4, -0.2) is 29.9 Å². The molecule has 0 saturated carbocycles. The van der Waals surface area contributed by atoms with Crippen LogP contribution < -0.4 is 0 Å². The van der Waals surface area contributed by atoms with Crippen LogP contribution in [0.25, 0.3) is 288 Å². The summed E-state index contributed by atoms with van der Waals surface area (Å²) in [6.07, 6.45) is 5.68. The number of fused-ring (bicyclic) bond motifs is 33. The Labute approximate surface area is 801 Å². The van der Waals surface area contributed by atoms with E-state index in [0.717, 1.165) is 154 Å². The summed E-state index contributed by atoms with van der Waals surface area (Å²) >= 11 is 1.88. The monoisotopic (exact) mass is 1780 g/mol. The van der Waals surface area contributed by atoms with Crippen LogP contribution in [0.2, 0.25) is 0 Å². The highest BCUT2D eigenvalue weighted by atomic mass is 32.1. The Morgan fingerprint density at radius 3 is 1.10 bits per heavy atom. The van der Waals surface area contributed by atoms with E-state index in [-0.39, 0.29) is 5.41 Å². The maximum atomic E-state index is 7.57. The lowest BCUT2D eigenvalue weighted by atomic mass is 9.81. The Kier molecular flexibility index (Phi) is 17.9. The van der Waals surface area contributed by atoms with Crippen LogP contribution in [0.15, 0.2) is 436 Å². The van der Waals surface area contributed by atoms with E-state index >= 15 is 0 Å². The summed E-state index contributed by atoms with van der Waals surface area (Å²) in [5.74, 6) is 0. The number of hydrogen-bond donors (Lipinski definition) is 0. The third-order valence-electron chi connectivity index (χ3n) is 29.3. The first-order valence-electron chi connectivity index (χ1n) is 47.2. The van der Waals surface area contributed by atoms with Gasteiger partial charge in [-0.25, -0.2) is 19.8 Å². The van der Waals surface area contributed by atoms with Crippen LogP contribution in [0.1, 0.15) is 25.0 Å². The van der Waals surface area contributed by atoms with Crippen molar-refractivity contribution in [3.05, 3.63) is 454 Å². The van der Waals surface area contributed by atoms with Gasteiger partial charge in [0.15, 0.2) is 5.69 Å². The summed E-state index contributed by atoms with van der Waals surface area (Å²) < 4.78 is 9.12. The van der Waals surface area contributed by atoms with Crippen LogP contribution >= 0.6 is 11.3 Å². The molecule has 0 N–H and O–H groups in total. The van der Waals surface area contributed by atoms with E-state index in [1.54, 1.807) is 0 Å². The van der Waals surface area contributed by atoms with Gasteiger partial charge in [0.25, 0.3) is 0 Å². The van der Waals surface area contributed by atoms with Gasteiger partial charge in [-0.2, -0.15) is 0 Å². The smallest absolute Gasteiger partial charge is 0.187 e. The lowest BCUT2D eigenvalue weighted by Gasteiger charge is -2.22. The van der Waals surface area contributed by atoms with E-state index in [2.05, 4.69) is 395 Å². The zero-order valence-corrected chi connectivity index (χ0v) is 76.3. The molecule has 30 rings (SSSR count). The molecule has 0 fully saturated rings. The molecule has 139 heavy (non-hydrogen) atoms. The van der Waals surface area contributed by atoms with E-state index in [1.165, 1.54) is 140 Å².